The molecule has 0 aliphatic carbocycles. The molecule has 0 amide bonds. The Morgan fingerprint density at radius 1 is 0.556 bits per heavy atom. The van der Waals surface area contributed by atoms with Crippen LogP contribution in [0.15, 0.2) is 92.0 Å². The Hall–Kier alpha value is -3.45. The van der Waals surface area contributed by atoms with E-state index < -0.39 is 0 Å². The molecule has 0 atom stereocenters. The molecule has 0 radical (unpaired) electrons. The van der Waals surface area contributed by atoms with Crippen LogP contribution in [0.25, 0.3) is 45.2 Å². The summed E-state index contributed by atoms with van der Waals surface area (Å²) in [6.07, 6.45) is 3.76. The zero-order chi connectivity index (χ0) is 18.8. The Bertz CT molecular complexity index is 1140. The van der Waals surface area contributed by atoms with Crippen LogP contribution in [-0.2, 0) is 0 Å². The Labute approximate surface area is 158 Å². The van der Waals surface area contributed by atoms with Crippen molar-refractivity contribution >= 4 is 22.9 Å². The highest BCUT2D eigenvalue weighted by molar-refractivity contribution is 6.11. The molecule has 4 rings (SSSR count). The molecule has 0 fully saturated rings. The third kappa shape index (κ3) is 2.88. The minimum Gasteiger partial charge on any atom is -0.207 e. The Balaban J connectivity index is 2.19. The number of benzene rings is 4. The van der Waals surface area contributed by atoms with Crippen molar-refractivity contribution in [2.75, 3.05) is 0 Å². The third-order valence-electron chi connectivity index (χ3n) is 4.90. The Morgan fingerprint density at radius 2 is 1.00 bits per heavy atom. The minimum atomic E-state index is -0.243. The van der Waals surface area contributed by atoms with E-state index in [2.05, 4.69) is 37.4 Å². The van der Waals surface area contributed by atoms with Gasteiger partial charge in [0, 0.05) is 0 Å². The fourth-order valence-electron chi connectivity index (χ4n) is 3.75. The van der Waals surface area contributed by atoms with Crippen molar-refractivity contribution in [3.8, 4) is 22.3 Å². The van der Waals surface area contributed by atoms with Gasteiger partial charge >= 0.3 is 0 Å². The van der Waals surface area contributed by atoms with Crippen LogP contribution in [0.5, 0.6) is 0 Å². The molecule has 4 aromatic carbocycles. The van der Waals surface area contributed by atoms with Crippen molar-refractivity contribution in [3.05, 3.63) is 109 Å². The summed E-state index contributed by atoms with van der Waals surface area (Å²) in [5.74, 6) is -0.243. The van der Waals surface area contributed by atoms with Gasteiger partial charge in [-0.3, -0.25) is 0 Å². The molecule has 4 aromatic rings. The number of halogens is 1. The molecule has 0 saturated heterocycles. The van der Waals surface area contributed by atoms with Crippen LogP contribution in [-0.4, -0.2) is 0 Å². The van der Waals surface area contributed by atoms with E-state index >= 15 is 0 Å². The molecule has 0 heterocycles. The molecule has 0 aliphatic heterocycles. The lowest BCUT2D eigenvalue weighted by atomic mass is 9.83. The van der Waals surface area contributed by atoms with E-state index in [9.17, 15) is 4.39 Å². The van der Waals surface area contributed by atoms with Crippen LogP contribution in [0.4, 0.5) is 4.39 Å². The van der Waals surface area contributed by atoms with Crippen molar-refractivity contribution in [2.45, 2.75) is 0 Å². The van der Waals surface area contributed by atoms with Gasteiger partial charge in [0.25, 0.3) is 0 Å². The maximum Gasteiger partial charge on any atom is 0.123 e. The molecule has 0 nitrogen and oxygen atoms in total. The Kier molecular flexibility index (Phi) is 4.43. The maximum atomic E-state index is 13.5. The molecular formula is C26H19F. The largest absolute Gasteiger partial charge is 0.207 e. The number of hydrogen-bond acceptors (Lipinski definition) is 0. The topological polar surface area (TPSA) is 0 Å². The summed E-state index contributed by atoms with van der Waals surface area (Å²) >= 11 is 0. The summed E-state index contributed by atoms with van der Waals surface area (Å²) in [7, 11) is 0. The van der Waals surface area contributed by atoms with Gasteiger partial charge < -0.3 is 0 Å². The zero-order valence-electron chi connectivity index (χ0n) is 15.0. The number of rotatable bonds is 4. The van der Waals surface area contributed by atoms with Crippen LogP contribution in [0.2, 0.25) is 0 Å². The molecule has 0 N–H and O–H groups in total. The van der Waals surface area contributed by atoms with E-state index in [1.165, 1.54) is 12.1 Å². The molecule has 0 spiro atoms. The van der Waals surface area contributed by atoms with Crippen LogP contribution >= 0.6 is 0 Å². The molecule has 0 bridgehead atoms. The first-order chi connectivity index (χ1) is 13.2. The molecule has 1 heteroatoms. The van der Waals surface area contributed by atoms with Gasteiger partial charge in [-0.2, -0.15) is 0 Å². The van der Waals surface area contributed by atoms with E-state index in [0.717, 1.165) is 44.2 Å². The second-order valence-electron chi connectivity index (χ2n) is 6.40. The molecular weight excluding hydrogens is 331 g/mol. The number of hydrogen-bond donors (Lipinski definition) is 0. The van der Waals surface area contributed by atoms with Crippen molar-refractivity contribution < 1.29 is 4.39 Å². The van der Waals surface area contributed by atoms with E-state index in [1.54, 1.807) is 0 Å². The molecule has 0 saturated carbocycles. The first kappa shape index (κ1) is 17.0. The average Bonchev–Trinajstić information content (AvgIpc) is 2.73. The Morgan fingerprint density at radius 3 is 1.48 bits per heavy atom. The summed E-state index contributed by atoms with van der Waals surface area (Å²) in [6.45, 7) is 8.14. The molecule has 0 unspecified atom stereocenters. The molecule has 27 heavy (non-hydrogen) atoms. The normalized spacial score (nSPS) is 10.7. The first-order valence-electron chi connectivity index (χ1n) is 8.89. The van der Waals surface area contributed by atoms with Gasteiger partial charge in [-0.05, 0) is 56.3 Å². The second kappa shape index (κ2) is 7.05. The molecule has 0 aromatic heterocycles. The number of fused-ring (bicyclic) bond motifs is 1. The highest BCUT2D eigenvalue weighted by Crippen LogP contribution is 2.42. The molecule has 0 aliphatic rings. The quantitative estimate of drug-likeness (QED) is 0.355. The summed E-state index contributed by atoms with van der Waals surface area (Å²) < 4.78 is 13.5. The van der Waals surface area contributed by atoms with Gasteiger partial charge in [0.1, 0.15) is 5.82 Å². The van der Waals surface area contributed by atoms with E-state index in [0.29, 0.717) is 0 Å². The van der Waals surface area contributed by atoms with E-state index in [1.807, 2.05) is 54.6 Å². The smallest absolute Gasteiger partial charge is 0.123 e. The van der Waals surface area contributed by atoms with Gasteiger partial charge in [-0.1, -0.05) is 92.0 Å². The maximum absolute atomic E-state index is 13.5. The predicted octanol–water partition coefficient (Wildman–Crippen LogP) is 7.60. The van der Waals surface area contributed by atoms with Gasteiger partial charge in [0.2, 0.25) is 0 Å². The minimum absolute atomic E-state index is 0.243. The van der Waals surface area contributed by atoms with Crippen molar-refractivity contribution in [3.63, 3.8) is 0 Å². The third-order valence-corrected chi connectivity index (χ3v) is 4.90. The van der Waals surface area contributed by atoms with Crippen LogP contribution < -0.4 is 0 Å². The van der Waals surface area contributed by atoms with Crippen molar-refractivity contribution in [1.82, 2.24) is 0 Å². The van der Waals surface area contributed by atoms with Crippen molar-refractivity contribution in [1.29, 1.82) is 0 Å². The average molecular weight is 350 g/mol. The van der Waals surface area contributed by atoms with Gasteiger partial charge in [-0.15, -0.1) is 0 Å². The van der Waals surface area contributed by atoms with E-state index in [4.69, 9.17) is 0 Å². The summed E-state index contributed by atoms with van der Waals surface area (Å²) in [4.78, 5) is 0. The lowest BCUT2D eigenvalue weighted by Crippen LogP contribution is -1.96. The highest BCUT2D eigenvalue weighted by Gasteiger charge is 2.18. The fourth-order valence-corrected chi connectivity index (χ4v) is 3.75. The van der Waals surface area contributed by atoms with Crippen LogP contribution in [0.1, 0.15) is 11.1 Å². The zero-order valence-corrected chi connectivity index (χ0v) is 15.0. The predicted molar refractivity (Wildman–Crippen MR) is 115 cm³/mol. The molecule has 130 valence electrons. The monoisotopic (exact) mass is 350 g/mol. The van der Waals surface area contributed by atoms with Crippen LogP contribution in [0, 0.1) is 5.82 Å². The first-order valence-corrected chi connectivity index (χ1v) is 8.89. The SMILES string of the molecule is C=Cc1c(C=C)c(-c2ccc(F)cc2)c2ccccc2c1-c1ccccc1. The van der Waals surface area contributed by atoms with Gasteiger partial charge in [0.05, 0.1) is 0 Å². The summed E-state index contributed by atoms with van der Waals surface area (Å²) in [5, 5.41) is 2.26. The standard InChI is InChI=1S/C26H19F/c1-3-21-22(4-2)26(19-14-16-20(27)17-15-19)24-13-9-8-12-23(24)25(21)18-10-6-5-7-11-18/h3-17H,1-2H2. The lowest BCUT2D eigenvalue weighted by Gasteiger charge is -2.20. The van der Waals surface area contributed by atoms with Gasteiger partial charge in [-0.25, -0.2) is 4.39 Å². The highest BCUT2D eigenvalue weighted by atomic mass is 19.1. The van der Waals surface area contributed by atoms with Crippen LogP contribution in [0.3, 0.4) is 0 Å². The second-order valence-corrected chi connectivity index (χ2v) is 6.40. The summed E-state index contributed by atoms with van der Waals surface area (Å²) in [5.41, 5.74) is 6.34. The van der Waals surface area contributed by atoms with Gasteiger partial charge in [0.15, 0.2) is 0 Å². The fraction of sp³-hybridized carbons (Fsp3) is 0. The lowest BCUT2D eigenvalue weighted by molar-refractivity contribution is 0.628. The van der Waals surface area contributed by atoms with E-state index in [-0.39, 0.29) is 5.82 Å². The van der Waals surface area contributed by atoms with Crippen molar-refractivity contribution in [2.24, 2.45) is 0 Å². The summed E-state index contributed by atoms with van der Waals surface area (Å²) in [6, 6.07) is 25.3.